The van der Waals surface area contributed by atoms with E-state index in [4.69, 9.17) is 9.47 Å². The summed E-state index contributed by atoms with van der Waals surface area (Å²) in [7, 11) is 0. The van der Waals surface area contributed by atoms with Crippen molar-refractivity contribution in [1.29, 1.82) is 0 Å². The lowest BCUT2D eigenvalue weighted by Gasteiger charge is -2.34. The van der Waals surface area contributed by atoms with E-state index in [0.29, 0.717) is 5.56 Å². The molecule has 1 aromatic carbocycles. The molecule has 1 heterocycles. The molecule has 0 fully saturated rings. The second-order valence-corrected chi connectivity index (χ2v) is 5.93. The standard InChI is InChI=1S/C15H19F2NO3/c1-15(2,3)21-14(19)18-11-10-7-5-4-6-9(10)8-20-12(11)13(16)17/h4-7,11-13H,8H2,1-3H3,(H,18,19)/t11-,12-/m1/s1. The highest BCUT2D eigenvalue weighted by Gasteiger charge is 2.38. The predicted octanol–water partition coefficient (Wildman–Crippen LogP) is 3.42. The zero-order valence-corrected chi connectivity index (χ0v) is 12.2. The summed E-state index contributed by atoms with van der Waals surface area (Å²) in [4.78, 5) is 11.9. The van der Waals surface area contributed by atoms with Gasteiger partial charge in [-0.15, -0.1) is 0 Å². The smallest absolute Gasteiger partial charge is 0.408 e. The van der Waals surface area contributed by atoms with Gasteiger partial charge in [0.25, 0.3) is 6.43 Å². The molecule has 0 saturated carbocycles. The van der Waals surface area contributed by atoms with E-state index in [1.54, 1.807) is 45.0 Å². The summed E-state index contributed by atoms with van der Waals surface area (Å²) < 4.78 is 36.6. The van der Waals surface area contributed by atoms with Gasteiger partial charge in [0.2, 0.25) is 0 Å². The number of halogens is 2. The molecule has 0 unspecified atom stereocenters. The van der Waals surface area contributed by atoms with Gasteiger partial charge in [0.05, 0.1) is 12.6 Å². The molecule has 0 bridgehead atoms. The van der Waals surface area contributed by atoms with Crippen LogP contribution in [0.2, 0.25) is 0 Å². The van der Waals surface area contributed by atoms with Gasteiger partial charge in [-0.3, -0.25) is 0 Å². The molecule has 4 nitrogen and oxygen atoms in total. The second-order valence-electron chi connectivity index (χ2n) is 5.93. The summed E-state index contributed by atoms with van der Waals surface area (Å²) >= 11 is 0. The number of carbonyl (C=O) groups is 1. The van der Waals surface area contributed by atoms with E-state index < -0.39 is 30.3 Å². The third-order valence-corrected chi connectivity index (χ3v) is 3.07. The van der Waals surface area contributed by atoms with Gasteiger partial charge >= 0.3 is 6.09 Å². The fraction of sp³-hybridized carbons (Fsp3) is 0.533. The van der Waals surface area contributed by atoms with Crippen LogP contribution in [0.1, 0.15) is 37.9 Å². The molecule has 0 aliphatic carbocycles. The van der Waals surface area contributed by atoms with Crippen LogP contribution in [0.3, 0.4) is 0 Å². The molecule has 21 heavy (non-hydrogen) atoms. The number of hydrogen-bond acceptors (Lipinski definition) is 3. The number of ether oxygens (including phenoxy) is 2. The Morgan fingerprint density at radius 3 is 2.67 bits per heavy atom. The van der Waals surface area contributed by atoms with Crippen LogP contribution < -0.4 is 5.32 Å². The fourth-order valence-electron chi connectivity index (χ4n) is 2.24. The average molecular weight is 299 g/mol. The SMILES string of the molecule is CC(C)(C)OC(=O)N[C@@H]1c2ccccc2CO[C@H]1C(F)F. The summed E-state index contributed by atoms with van der Waals surface area (Å²) in [5.41, 5.74) is 0.731. The van der Waals surface area contributed by atoms with E-state index >= 15 is 0 Å². The summed E-state index contributed by atoms with van der Waals surface area (Å²) in [6.45, 7) is 5.24. The number of carbonyl (C=O) groups excluding carboxylic acids is 1. The Kier molecular flexibility index (Phi) is 4.46. The Labute approximate surface area is 122 Å². The van der Waals surface area contributed by atoms with Crippen LogP contribution in [0, 0.1) is 0 Å². The highest BCUT2D eigenvalue weighted by molar-refractivity contribution is 5.68. The maximum atomic E-state index is 13.1. The Balaban J connectivity index is 2.22. The Bertz CT molecular complexity index is 514. The lowest BCUT2D eigenvalue weighted by molar-refractivity contribution is -0.0915. The molecule has 1 aliphatic heterocycles. The first-order valence-corrected chi connectivity index (χ1v) is 6.75. The number of alkyl halides is 2. The Morgan fingerprint density at radius 2 is 2.05 bits per heavy atom. The van der Waals surface area contributed by atoms with Crippen molar-refractivity contribution in [3.8, 4) is 0 Å². The van der Waals surface area contributed by atoms with Gasteiger partial charge in [-0.25, -0.2) is 13.6 Å². The molecule has 0 radical (unpaired) electrons. The van der Waals surface area contributed by atoms with E-state index in [0.717, 1.165) is 5.56 Å². The van der Waals surface area contributed by atoms with Crippen molar-refractivity contribution in [1.82, 2.24) is 5.32 Å². The molecule has 1 aliphatic rings. The predicted molar refractivity (Wildman–Crippen MR) is 73.1 cm³/mol. The monoisotopic (exact) mass is 299 g/mol. The lowest BCUT2D eigenvalue weighted by atomic mass is 9.94. The lowest BCUT2D eigenvalue weighted by Crippen LogP contribution is -2.45. The van der Waals surface area contributed by atoms with Crippen LogP contribution in [0.15, 0.2) is 24.3 Å². The highest BCUT2D eigenvalue weighted by Crippen LogP contribution is 2.32. The minimum Gasteiger partial charge on any atom is -0.444 e. The molecule has 0 saturated heterocycles. The zero-order valence-electron chi connectivity index (χ0n) is 12.2. The highest BCUT2D eigenvalue weighted by atomic mass is 19.3. The minimum atomic E-state index is -2.70. The van der Waals surface area contributed by atoms with Gasteiger partial charge in [-0.2, -0.15) is 0 Å². The maximum Gasteiger partial charge on any atom is 0.408 e. The van der Waals surface area contributed by atoms with Gasteiger partial charge in [0.1, 0.15) is 11.7 Å². The molecule has 0 spiro atoms. The Hall–Kier alpha value is -1.69. The third kappa shape index (κ3) is 3.91. The van der Waals surface area contributed by atoms with Crippen molar-refractivity contribution in [2.24, 2.45) is 0 Å². The molecule has 1 amide bonds. The van der Waals surface area contributed by atoms with Crippen molar-refractivity contribution in [3.63, 3.8) is 0 Å². The quantitative estimate of drug-likeness (QED) is 0.910. The van der Waals surface area contributed by atoms with E-state index in [2.05, 4.69) is 5.32 Å². The molecular weight excluding hydrogens is 280 g/mol. The average Bonchev–Trinajstić information content (AvgIpc) is 2.36. The molecule has 0 aromatic heterocycles. The topological polar surface area (TPSA) is 47.6 Å². The molecule has 116 valence electrons. The normalized spacial score (nSPS) is 21.8. The van der Waals surface area contributed by atoms with Crippen LogP contribution in [0.25, 0.3) is 0 Å². The van der Waals surface area contributed by atoms with E-state index in [9.17, 15) is 13.6 Å². The van der Waals surface area contributed by atoms with Crippen molar-refractivity contribution < 1.29 is 23.0 Å². The van der Waals surface area contributed by atoms with Gasteiger partial charge in [0.15, 0.2) is 0 Å². The molecular formula is C15H19F2NO3. The maximum absolute atomic E-state index is 13.1. The molecule has 2 rings (SSSR count). The number of amides is 1. The van der Waals surface area contributed by atoms with Crippen LogP contribution in [0.5, 0.6) is 0 Å². The summed E-state index contributed by atoms with van der Waals surface area (Å²) in [6, 6.07) is 6.13. The number of fused-ring (bicyclic) bond motifs is 1. The number of alkyl carbamates (subject to hydrolysis) is 1. The van der Waals surface area contributed by atoms with Crippen LogP contribution in [0.4, 0.5) is 13.6 Å². The second kappa shape index (κ2) is 5.97. The number of hydrogen-bond donors (Lipinski definition) is 1. The first-order chi connectivity index (χ1) is 9.78. The third-order valence-electron chi connectivity index (χ3n) is 3.07. The summed E-state index contributed by atoms with van der Waals surface area (Å²) in [5.74, 6) is 0. The van der Waals surface area contributed by atoms with Gasteiger partial charge < -0.3 is 14.8 Å². The largest absolute Gasteiger partial charge is 0.444 e. The Morgan fingerprint density at radius 1 is 1.38 bits per heavy atom. The van der Waals surface area contributed by atoms with Crippen LogP contribution >= 0.6 is 0 Å². The van der Waals surface area contributed by atoms with Crippen LogP contribution in [-0.4, -0.2) is 24.2 Å². The van der Waals surface area contributed by atoms with Gasteiger partial charge in [0, 0.05) is 0 Å². The van der Waals surface area contributed by atoms with Gasteiger partial charge in [-0.05, 0) is 31.9 Å². The van der Waals surface area contributed by atoms with Crippen molar-refractivity contribution in [3.05, 3.63) is 35.4 Å². The number of rotatable bonds is 2. The van der Waals surface area contributed by atoms with Crippen molar-refractivity contribution in [2.75, 3.05) is 0 Å². The molecule has 6 heteroatoms. The first kappa shape index (κ1) is 15.7. The fourth-order valence-corrected chi connectivity index (χ4v) is 2.24. The van der Waals surface area contributed by atoms with Crippen LogP contribution in [-0.2, 0) is 16.1 Å². The van der Waals surface area contributed by atoms with E-state index in [1.807, 2.05) is 0 Å². The molecule has 1 N–H and O–H groups in total. The number of nitrogens with one attached hydrogen (secondary N) is 1. The first-order valence-electron chi connectivity index (χ1n) is 6.75. The van der Waals surface area contributed by atoms with Crippen molar-refractivity contribution in [2.45, 2.75) is 51.6 Å². The summed E-state index contributed by atoms with van der Waals surface area (Å²) in [5, 5.41) is 2.50. The summed E-state index contributed by atoms with van der Waals surface area (Å²) in [6.07, 6.45) is -4.82. The zero-order chi connectivity index (χ0) is 15.6. The van der Waals surface area contributed by atoms with Crippen molar-refractivity contribution >= 4 is 6.09 Å². The van der Waals surface area contributed by atoms with E-state index in [-0.39, 0.29) is 6.61 Å². The van der Waals surface area contributed by atoms with Gasteiger partial charge in [-0.1, -0.05) is 24.3 Å². The minimum absolute atomic E-state index is 0.109. The van der Waals surface area contributed by atoms with E-state index in [1.165, 1.54) is 0 Å². The molecule has 2 atom stereocenters. The molecule has 1 aromatic rings. The number of benzene rings is 1.